The highest BCUT2D eigenvalue weighted by Crippen LogP contribution is 2.35. The Balaban J connectivity index is 3.10. The van der Waals surface area contributed by atoms with Gasteiger partial charge in [-0.1, -0.05) is 11.6 Å². The van der Waals surface area contributed by atoms with E-state index in [1.54, 1.807) is 0 Å². The van der Waals surface area contributed by atoms with E-state index in [4.69, 9.17) is 17.3 Å². The first-order valence-corrected chi connectivity index (χ1v) is 7.19. The van der Waals surface area contributed by atoms with Gasteiger partial charge in [-0.3, -0.25) is 0 Å². The molecule has 0 aliphatic heterocycles. The summed E-state index contributed by atoms with van der Waals surface area (Å²) in [5.41, 5.74) is 3.35. The van der Waals surface area contributed by atoms with E-state index < -0.39 is 50.7 Å². The van der Waals surface area contributed by atoms with Crippen LogP contribution in [0, 0.1) is 0 Å². The van der Waals surface area contributed by atoms with E-state index in [0.29, 0.717) is 0 Å². The number of sulfonamides is 1. The third-order valence-electron chi connectivity index (χ3n) is 2.37. The van der Waals surface area contributed by atoms with Crippen molar-refractivity contribution in [3.05, 3.63) is 28.8 Å². The molecule has 21 heavy (non-hydrogen) atoms. The Labute approximate surface area is 122 Å². The fourth-order valence-electron chi connectivity index (χ4n) is 1.24. The van der Waals surface area contributed by atoms with E-state index in [1.165, 1.54) is 4.72 Å². The fourth-order valence-corrected chi connectivity index (χ4v) is 2.56. The minimum Gasteiger partial charge on any atom is -0.325 e. The van der Waals surface area contributed by atoms with Crippen molar-refractivity contribution >= 4 is 21.6 Å². The Hall–Kier alpha value is -0.970. The number of benzene rings is 1. The van der Waals surface area contributed by atoms with Crippen LogP contribution in [0.3, 0.4) is 0 Å². The van der Waals surface area contributed by atoms with Crippen molar-refractivity contribution in [3.8, 4) is 0 Å². The molecule has 4 nitrogen and oxygen atoms in total. The Bertz CT molecular complexity index is 618. The van der Waals surface area contributed by atoms with Crippen LogP contribution in [-0.2, 0) is 16.2 Å². The predicted molar refractivity (Wildman–Crippen MR) is 65.6 cm³/mol. The normalized spacial score (nSPS) is 13.5. The molecule has 0 aromatic heterocycles. The molecule has 0 unspecified atom stereocenters. The SMILES string of the molecule is NCC(F)(F)CNS(=O)(=O)c1ccc(Cl)c(C(F)(F)F)c1. The smallest absolute Gasteiger partial charge is 0.325 e. The predicted octanol–water partition coefficient (Wildman–Crippen LogP) is 2.23. The number of nitrogens with two attached hydrogens (primary N) is 1. The summed E-state index contributed by atoms with van der Waals surface area (Å²) in [6.07, 6.45) is -4.87. The lowest BCUT2D eigenvalue weighted by molar-refractivity contribution is -0.137. The molecule has 0 atom stereocenters. The van der Waals surface area contributed by atoms with E-state index in [0.717, 1.165) is 12.1 Å². The van der Waals surface area contributed by atoms with Gasteiger partial charge in [-0.25, -0.2) is 21.9 Å². The summed E-state index contributed by atoms with van der Waals surface area (Å²) in [5, 5.41) is -0.700. The number of hydrogen-bond acceptors (Lipinski definition) is 3. The summed E-state index contributed by atoms with van der Waals surface area (Å²) in [6.45, 7) is -2.43. The standard InChI is InChI=1S/C10H10ClF5N2O2S/c11-8-2-1-6(3-7(8)10(14,15)16)21(19,20)18-5-9(12,13)4-17/h1-3,18H,4-5,17H2. The molecule has 0 spiro atoms. The zero-order valence-corrected chi connectivity index (χ0v) is 11.8. The maximum atomic E-state index is 12.9. The zero-order valence-electron chi connectivity index (χ0n) is 10.2. The molecule has 1 aromatic carbocycles. The second-order valence-corrected chi connectivity index (χ2v) is 6.20. The summed E-state index contributed by atoms with van der Waals surface area (Å²) < 4.78 is 88.5. The van der Waals surface area contributed by atoms with E-state index >= 15 is 0 Å². The quantitative estimate of drug-likeness (QED) is 0.798. The molecule has 0 heterocycles. The summed E-state index contributed by atoms with van der Waals surface area (Å²) in [5.74, 6) is -3.51. The number of rotatable bonds is 5. The monoisotopic (exact) mass is 352 g/mol. The fraction of sp³-hybridized carbons (Fsp3) is 0.400. The van der Waals surface area contributed by atoms with Crippen LogP contribution in [0.5, 0.6) is 0 Å². The third-order valence-corrected chi connectivity index (χ3v) is 4.10. The van der Waals surface area contributed by atoms with Crippen molar-refractivity contribution in [1.29, 1.82) is 0 Å². The zero-order chi connectivity index (χ0) is 16.5. The molecule has 1 rings (SSSR count). The topological polar surface area (TPSA) is 72.2 Å². The highest BCUT2D eigenvalue weighted by molar-refractivity contribution is 7.89. The van der Waals surface area contributed by atoms with Crippen LogP contribution in [-0.4, -0.2) is 27.4 Å². The average Bonchev–Trinajstić information content (AvgIpc) is 2.35. The van der Waals surface area contributed by atoms with E-state index in [1.807, 2.05) is 0 Å². The number of alkyl halides is 5. The lowest BCUT2D eigenvalue weighted by Crippen LogP contribution is -2.41. The van der Waals surface area contributed by atoms with Crippen LogP contribution in [0.1, 0.15) is 5.56 Å². The van der Waals surface area contributed by atoms with Gasteiger partial charge in [0.05, 0.1) is 28.6 Å². The molecular formula is C10H10ClF5N2O2S. The molecule has 0 aliphatic carbocycles. The van der Waals surface area contributed by atoms with Crippen LogP contribution in [0.4, 0.5) is 22.0 Å². The molecule has 120 valence electrons. The molecule has 0 bridgehead atoms. The maximum Gasteiger partial charge on any atom is 0.417 e. The molecule has 0 radical (unpaired) electrons. The van der Waals surface area contributed by atoms with E-state index in [2.05, 4.69) is 0 Å². The summed E-state index contributed by atoms with van der Waals surface area (Å²) in [6, 6.07) is 1.77. The van der Waals surface area contributed by atoms with Crippen LogP contribution in [0.2, 0.25) is 5.02 Å². The van der Waals surface area contributed by atoms with Crippen molar-refractivity contribution in [1.82, 2.24) is 4.72 Å². The van der Waals surface area contributed by atoms with Crippen LogP contribution in [0.15, 0.2) is 23.1 Å². The molecule has 0 fully saturated rings. The first-order valence-electron chi connectivity index (χ1n) is 5.33. The van der Waals surface area contributed by atoms with Crippen LogP contribution >= 0.6 is 11.6 Å². The maximum absolute atomic E-state index is 12.9. The van der Waals surface area contributed by atoms with Crippen LogP contribution in [0.25, 0.3) is 0 Å². The van der Waals surface area contributed by atoms with Gasteiger partial charge < -0.3 is 5.73 Å². The lowest BCUT2D eigenvalue weighted by atomic mass is 10.2. The summed E-state index contributed by atoms with van der Waals surface area (Å²) in [7, 11) is -4.55. The van der Waals surface area contributed by atoms with Gasteiger partial charge in [0, 0.05) is 0 Å². The average molecular weight is 353 g/mol. The summed E-state index contributed by atoms with van der Waals surface area (Å²) >= 11 is 5.33. The van der Waals surface area contributed by atoms with Gasteiger partial charge in [0.2, 0.25) is 10.0 Å². The second-order valence-electron chi connectivity index (χ2n) is 4.02. The van der Waals surface area contributed by atoms with Gasteiger partial charge in [-0.05, 0) is 18.2 Å². The Morgan fingerprint density at radius 3 is 2.24 bits per heavy atom. The molecule has 0 aliphatic rings. The lowest BCUT2D eigenvalue weighted by Gasteiger charge is -2.16. The molecule has 3 N–H and O–H groups in total. The number of nitrogens with one attached hydrogen (secondary N) is 1. The molecule has 11 heteroatoms. The van der Waals surface area contributed by atoms with Gasteiger partial charge in [0.1, 0.15) is 0 Å². The van der Waals surface area contributed by atoms with Gasteiger partial charge in [0.15, 0.2) is 0 Å². The Morgan fingerprint density at radius 1 is 1.19 bits per heavy atom. The van der Waals surface area contributed by atoms with Crippen molar-refractivity contribution in [2.45, 2.75) is 17.0 Å². The van der Waals surface area contributed by atoms with Crippen molar-refractivity contribution in [2.24, 2.45) is 5.73 Å². The second kappa shape index (κ2) is 6.03. The largest absolute Gasteiger partial charge is 0.417 e. The Kier molecular flexibility index (Phi) is 5.19. The van der Waals surface area contributed by atoms with Gasteiger partial charge in [-0.2, -0.15) is 13.2 Å². The first kappa shape index (κ1) is 18.1. The van der Waals surface area contributed by atoms with Crippen molar-refractivity contribution < 1.29 is 30.4 Å². The van der Waals surface area contributed by atoms with Gasteiger partial charge in [0.25, 0.3) is 5.92 Å². The minimum atomic E-state index is -4.87. The first-order chi connectivity index (χ1) is 9.39. The number of halogens is 6. The highest BCUT2D eigenvalue weighted by atomic mass is 35.5. The molecule has 0 saturated heterocycles. The van der Waals surface area contributed by atoms with Crippen molar-refractivity contribution in [2.75, 3.05) is 13.1 Å². The van der Waals surface area contributed by atoms with E-state index in [-0.39, 0.29) is 6.07 Å². The summed E-state index contributed by atoms with van der Waals surface area (Å²) in [4.78, 5) is -0.827. The number of hydrogen-bond donors (Lipinski definition) is 2. The minimum absolute atomic E-state index is 0.269. The molecule has 0 amide bonds. The molecule has 0 saturated carbocycles. The van der Waals surface area contributed by atoms with Crippen molar-refractivity contribution in [3.63, 3.8) is 0 Å². The highest BCUT2D eigenvalue weighted by Gasteiger charge is 2.35. The van der Waals surface area contributed by atoms with E-state index in [9.17, 15) is 30.4 Å². The Morgan fingerprint density at radius 2 is 1.76 bits per heavy atom. The van der Waals surface area contributed by atoms with Gasteiger partial charge in [-0.15, -0.1) is 0 Å². The molecular weight excluding hydrogens is 343 g/mol. The van der Waals surface area contributed by atoms with Crippen LogP contribution < -0.4 is 10.5 Å². The molecule has 1 aromatic rings. The third kappa shape index (κ3) is 4.77. The van der Waals surface area contributed by atoms with Gasteiger partial charge >= 0.3 is 6.18 Å².